The van der Waals surface area contributed by atoms with Crippen LogP contribution in [-0.4, -0.2) is 21.8 Å². The highest BCUT2D eigenvalue weighted by atomic mass is 79.9. The summed E-state index contributed by atoms with van der Waals surface area (Å²) in [7, 11) is 0. The van der Waals surface area contributed by atoms with Crippen LogP contribution in [0.15, 0.2) is 58.6 Å². The highest BCUT2D eigenvalue weighted by molar-refractivity contribution is 9.10. The standard InChI is InChI=1S/C23H19BrN2O3S/c1-12-7-9-15(10-8-12)20(27)18-19(16-5-4-6-17(24)11-16)26(22(29)21(18)28)23-25-13(2)14(3)30-23/h4-11,19,27H,1-3H3/t19-/m0/s1. The number of halogens is 1. The smallest absolute Gasteiger partial charge is 0.301 e. The minimum atomic E-state index is -0.770. The normalized spacial score (nSPS) is 18.3. The summed E-state index contributed by atoms with van der Waals surface area (Å²) in [5, 5.41) is 11.5. The maximum absolute atomic E-state index is 13.1. The van der Waals surface area contributed by atoms with Gasteiger partial charge in [0.1, 0.15) is 5.76 Å². The summed E-state index contributed by atoms with van der Waals surface area (Å²) < 4.78 is 0.812. The number of aryl methyl sites for hydroxylation is 3. The van der Waals surface area contributed by atoms with Crippen molar-refractivity contribution in [3.05, 3.63) is 85.8 Å². The minimum Gasteiger partial charge on any atom is -0.507 e. The fourth-order valence-corrected chi connectivity index (χ4v) is 4.80. The summed E-state index contributed by atoms with van der Waals surface area (Å²) >= 11 is 4.82. The second-order valence-corrected chi connectivity index (χ2v) is 9.33. The molecule has 1 aliphatic rings. The first-order valence-electron chi connectivity index (χ1n) is 9.35. The summed E-state index contributed by atoms with van der Waals surface area (Å²) in [5.74, 6) is -1.60. The van der Waals surface area contributed by atoms with Crippen LogP contribution in [0, 0.1) is 20.8 Å². The largest absolute Gasteiger partial charge is 0.507 e. The molecule has 5 nitrogen and oxygen atoms in total. The molecule has 1 fully saturated rings. The van der Waals surface area contributed by atoms with Crippen LogP contribution >= 0.6 is 27.3 Å². The van der Waals surface area contributed by atoms with Crippen molar-refractivity contribution in [2.24, 2.45) is 0 Å². The summed E-state index contributed by atoms with van der Waals surface area (Å²) in [4.78, 5) is 33.0. The van der Waals surface area contributed by atoms with Crippen molar-refractivity contribution in [2.75, 3.05) is 4.90 Å². The summed E-state index contributed by atoms with van der Waals surface area (Å²) in [5.41, 5.74) is 3.10. The minimum absolute atomic E-state index is 0.0625. The molecular formula is C23H19BrN2O3S. The fraction of sp³-hybridized carbons (Fsp3) is 0.174. The molecule has 1 aliphatic heterocycles. The Labute approximate surface area is 186 Å². The van der Waals surface area contributed by atoms with E-state index in [0.29, 0.717) is 16.3 Å². The van der Waals surface area contributed by atoms with Gasteiger partial charge in [-0.3, -0.25) is 14.5 Å². The monoisotopic (exact) mass is 482 g/mol. The average molecular weight is 483 g/mol. The molecule has 3 aromatic rings. The number of Topliss-reactive ketones (excluding diaryl/α,β-unsaturated/α-hetero) is 1. The number of nitrogens with zero attached hydrogens (tertiary/aromatic N) is 2. The Morgan fingerprint density at radius 3 is 2.40 bits per heavy atom. The first kappa shape index (κ1) is 20.5. The predicted molar refractivity (Wildman–Crippen MR) is 122 cm³/mol. The maximum Gasteiger partial charge on any atom is 0.301 e. The van der Waals surface area contributed by atoms with Crippen molar-refractivity contribution < 1.29 is 14.7 Å². The van der Waals surface area contributed by atoms with Gasteiger partial charge in [-0.1, -0.05) is 57.9 Å². The van der Waals surface area contributed by atoms with Crippen LogP contribution in [0.5, 0.6) is 0 Å². The molecule has 2 aromatic carbocycles. The Morgan fingerprint density at radius 1 is 1.10 bits per heavy atom. The summed E-state index contributed by atoms with van der Waals surface area (Å²) in [6.07, 6.45) is 0. The number of anilines is 1. The number of carbonyl (C=O) groups is 2. The van der Waals surface area contributed by atoms with Crippen molar-refractivity contribution in [3.63, 3.8) is 0 Å². The maximum atomic E-state index is 13.1. The third-order valence-electron chi connectivity index (χ3n) is 5.16. The summed E-state index contributed by atoms with van der Waals surface area (Å²) in [6, 6.07) is 13.8. The van der Waals surface area contributed by atoms with Gasteiger partial charge in [-0.15, -0.1) is 11.3 Å². The second-order valence-electron chi connectivity index (χ2n) is 7.23. The van der Waals surface area contributed by atoms with E-state index in [1.54, 1.807) is 12.1 Å². The van der Waals surface area contributed by atoms with E-state index in [0.717, 1.165) is 20.6 Å². The Balaban J connectivity index is 1.96. The predicted octanol–water partition coefficient (Wildman–Crippen LogP) is 5.46. The van der Waals surface area contributed by atoms with E-state index in [4.69, 9.17) is 0 Å². The van der Waals surface area contributed by atoms with E-state index >= 15 is 0 Å². The third kappa shape index (κ3) is 3.48. The lowest BCUT2D eigenvalue weighted by Gasteiger charge is -2.23. The second kappa shape index (κ2) is 7.81. The lowest BCUT2D eigenvalue weighted by atomic mass is 9.95. The third-order valence-corrected chi connectivity index (χ3v) is 6.72. The zero-order valence-corrected chi connectivity index (χ0v) is 19.0. The number of thiazole rings is 1. The van der Waals surface area contributed by atoms with Gasteiger partial charge in [-0.2, -0.15) is 0 Å². The molecule has 2 heterocycles. The van der Waals surface area contributed by atoms with Crippen LogP contribution < -0.4 is 4.90 Å². The van der Waals surface area contributed by atoms with Gasteiger partial charge in [0.2, 0.25) is 0 Å². The molecule has 0 saturated carbocycles. The Morgan fingerprint density at radius 2 is 1.80 bits per heavy atom. The molecule has 0 radical (unpaired) electrons. The Hall–Kier alpha value is -2.77. The SMILES string of the molecule is Cc1ccc(C(O)=C2C(=O)C(=O)N(c3nc(C)c(C)s3)[C@H]2c2cccc(Br)c2)cc1. The number of hydrogen-bond donors (Lipinski definition) is 1. The number of amides is 1. The van der Waals surface area contributed by atoms with Crippen LogP contribution in [0.3, 0.4) is 0 Å². The molecule has 0 unspecified atom stereocenters. The molecule has 0 bridgehead atoms. The Kier molecular flexibility index (Phi) is 5.34. The van der Waals surface area contributed by atoms with Gasteiger partial charge in [-0.05, 0) is 38.5 Å². The number of carbonyl (C=O) groups excluding carboxylic acids is 2. The summed E-state index contributed by atoms with van der Waals surface area (Å²) in [6.45, 7) is 5.73. The lowest BCUT2D eigenvalue weighted by Crippen LogP contribution is -2.29. The van der Waals surface area contributed by atoms with Gasteiger partial charge in [0.15, 0.2) is 5.13 Å². The van der Waals surface area contributed by atoms with Crippen molar-refractivity contribution in [3.8, 4) is 0 Å². The topological polar surface area (TPSA) is 70.5 Å². The number of benzene rings is 2. The molecule has 1 atom stereocenters. The number of ketones is 1. The zero-order valence-electron chi connectivity index (χ0n) is 16.6. The van der Waals surface area contributed by atoms with Crippen molar-refractivity contribution in [1.82, 2.24) is 4.98 Å². The molecule has 4 rings (SSSR count). The van der Waals surface area contributed by atoms with Crippen molar-refractivity contribution in [1.29, 1.82) is 0 Å². The van der Waals surface area contributed by atoms with Gasteiger partial charge in [0.25, 0.3) is 5.78 Å². The highest BCUT2D eigenvalue weighted by Crippen LogP contribution is 2.44. The molecule has 1 N–H and O–H groups in total. The first-order valence-corrected chi connectivity index (χ1v) is 11.0. The molecular weight excluding hydrogens is 464 g/mol. The average Bonchev–Trinajstić information content (AvgIpc) is 3.18. The molecule has 30 heavy (non-hydrogen) atoms. The van der Waals surface area contributed by atoms with Crippen LogP contribution in [-0.2, 0) is 9.59 Å². The first-order chi connectivity index (χ1) is 14.3. The number of aliphatic hydroxyl groups is 1. The van der Waals surface area contributed by atoms with Crippen molar-refractivity contribution >= 4 is 49.8 Å². The van der Waals surface area contributed by atoms with Gasteiger partial charge < -0.3 is 5.11 Å². The molecule has 0 aliphatic carbocycles. The number of hydrogen-bond acceptors (Lipinski definition) is 5. The van der Waals surface area contributed by atoms with E-state index < -0.39 is 17.7 Å². The van der Waals surface area contributed by atoms with E-state index in [2.05, 4.69) is 20.9 Å². The van der Waals surface area contributed by atoms with Gasteiger partial charge in [0, 0.05) is 14.9 Å². The highest BCUT2D eigenvalue weighted by Gasteiger charge is 2.48. The van der Waals surface area contributed by atoms with E-state index in [1.165, 1.54) is 16.2 Å². The molecule has 7 heteroatoms. The van der Waals surface area contributed by atoms with Gasteiger partial charge in [0.05, 0.1) is 17.3 Å². The lowest BCUT2D eigenvalue weighted by molar-refractivity contribution is -0.132. The quantitative estimate of drug-likeness (QED) is 0.305. The molecule has 1 aromatic heterocycles. The Bertz CT molecular complexity index is 1180. The molecule has 0 spiro atoms. The molecule has 152 valence electrons. The molecule has 1 saturated heterocycles. The molecule has 1 amide bonds. The van der Waals surface area contributed by atoms with Crippen LogP contribution in [0.1, 0.15) is 33.3 Å². The van der Waals surface area contributed by atoms with Crippen LogP contribution in [0.4, 0.5) is 5.13 Å². The zero-order chi connectivity index (χ0) is 21.6. The van der Waals surface area contributed by atoms with Crippen LogP contribution in [0.25, 0.3) is 5.76 Å². The van der Waals surface area contributed by atoms with Gasteiger partial charge in [-0.25, -0.2) is 4.98 Å². The van der Waals surface area contributed by atoms with Crippen molar-refractivity contribution in [2.45, 2.75) is 26.8 Å². The van der Waals surface area contributed by atoms with Gasteiger partial charge >= 0.3 is 5.91 Å². The van der Waals surface area contributed by atoms with E-state index in [9.17, 15) is 14.7 Å². The number of aromatic nitrogens is 1. The fourth-order valence-electron chi connectivity index (χ4n) is 3.45. The number of aliphatic hydroxyl groups excluding tert-OH is 1. The van der Waals surface area contributed by atoms with E-state index in [1.807, 2.05) is 57.2 Å². The van der Waals surface area contributed by atoms with E-state index in [-0.39, 0.29) is 11.3 Å². The van der Waals surface area contributed by atoms with Crippen LogP contribution in [0.2, 0.25) is 0 Å². The number of rotatable bonds is 3.